The van der Waals surface area contributed by atoms with Crippen LogP contribution in [0.1, 0.15) is 17.5 Å². The molecule has 0 radical (unpaired) electrons. The molecule has 1 fully saturated rings. The van der Waals surface area contributed by atoms with E-state index in [0.29, 0.717) is 18.7 Å². The molecule has 3 rings (SSSR count). The number of aryl methyl sites for hydroxylation is 1. The van der Waals surface area contributed by atoms with Crippen LogP contribution in [0, 0.1) is 6.92 Å². The second-order valence-electron chi connectivity index (χ2n) is 5.96. The zero-order valence-corrected chi connectivity index (χ0v) is 14.2. The summed E-state index contributed by atoms with van der Waals surface area (Å²) >= 11 is 6.13. The van der Waals surface area contributed by atoms with Crippen LogP contribution in [0.5, 0.6) is 0 Å². The first-order valence-corrected chi connectivity index (χ1v) is 8.34. The molecule has 1 heterocycles. The summed E-state index contributed by atoms with van der Waals surface area (Å²) in [4.78, 5) is 26.0. The predicted molar refractivity (Wildman–Crippen MR) is 95.2 cm³/mol. The molecular weight excluding hydrogens is 324 g/mol. The molecule has 2 aromatic carbocycles. The second-order valence-corrected chi connectivity index (χ2v) is 6.36. The second kappa shape index (κ2) is 7.16. The fourth-order valence-corrected chi connectivity index (χ4v) is 3.07. The Morgan fingerprint density at radius 2 is 1.83 bits per heavy atom. The van der Waals surface area contributed by atoms with Crippen LogP contribution in [-0.2, 0) is 16.0 Å². The predicted octanol–water partition coefficient (Wildman–Crippen LogP) is 3.11. The van der Waals surface area contributed by atoms with Gasteiger partial charge in [-0.1, -0.05) is 47.5 Å². The number of carbonyl (C=O) groups excluding carboxylic acids is 2. The SMILES string of the molecule is Cc1ccc(N2C(=O)CC(NCCc3ccccc3Cl)C2=O)cc1. The van der Waals surface area contributed by atoms with Gasteiger partial charge in [-0.25, -0.2) is 4.90 Å². The van der Waals surface area contributed by atoms with Crippen molar-refractivity contribution in [2.45, 2.75) is 25.8 Å². The van der Waals surface area contributed by atoms with Crippen molar-refractivity contribution in [1.82, 2.24) is 5.32 Å². The molecule has 4 nitrogen and oxygen atoms in total. The summed E-state index contributed by atoms with van der Waals surface area (Å²) in [5.41, 5.74) is 2.75. The van der Waals surface area contributed by atoms with Crippen molar-refractivity contribution in [3.63, 3.8) is 0 Å². The Morgan fingerprint density at radius 1 is 1.12 bits per heavy atom. The number of carbonyl (C=O) groups is 2. The molecule has 124 valence electrons. The molecular formula is C19H19ClN2O2. The lowest BCUT2D eigenvalue weighted by molar-refractivity contribution is -0.121. The maximum absolute atomic E-state index is 12.5. The van der Waals surface area contributed by atoms with Crippen molar-refractivity contribution in [3.05, 3.63) is 64.7 Å². The Hall–Kier alpha value is -2.17. The van der Waals surface area contributed by atoms with Gasteiger partial charge in [0, 0.05) is 5.02 Å². The topological polar surface area (TPSA) is 49.4 Å². The minimum Gasteiger partial charge on any atom is -0.305 e. The van der Waals surface area contributed by atoms with E-state index in [4.69, 9.17) is 11.6 Å². The molecule has 0 saturated carbocycles. The van der Waals surface area contributed by atoms with Crippen molar-refractivity contribution in [2.24, 2.45) is 0 Å². The number of benzene rings is 2. The molecule has 1 aliphatic rings. The summed E-state index contributed by atoms with van der Waals surface area (Å²) in [5.74, 6) is -0.359. The van der Waals surface area contributed by atoms with E-state index in [0.717, 1.165) is 16.1 Å². The summed E-state index contributed by atoms with van der Waals surface area (Å²) in [6.07, 6.45) is 0.900. The third-order valence-corrected chi connectivity index (χ3v) is 4.55. The first-order chi connectivity index (χ1) is 11.6. The van der Waals surface area contributed by atoms with Crippen LogP contribution in [-0.4, -0.2) is 24.4 Å². The lowest BCUT2D eigenvalue weighted by Gasteiger charge is -2.16. The molecule has 1 atom stereocenters. The first kappa shape index (κ1) is 16.7. The van der Waals surface area contributed by atoms with Gasteiger partial charge in [0.15, 0.2) is 0 Å². The zero-order chi connectivity index (χ0) is 17.1. The van der Waals surface area contributed by atoms with E-state index >= 15 is 0 Å². The van der Waals surface area contributed by atoms with Gasteiger partial charge in [0.25, 0.3) is 5.91 Å². The highest BCUT2D eigenvalue weighted by atomic mass is 35.5. The number of rotatable bonds is 5. The maximum Gasteiger partial charge on any atom is 0.251 e. The molecule has 1 saturated heterocycles. The van der Waals surface area contributed by atoms with Crippen molar-refractivity contribution >= 4 is 29.1 Å². The van der Waals surface area contributed by atoms with Crippen molar-refractivity contribution in [1.29, 1.82) is 0 Å². The van der Waals surface area contributed by atoms with E-state index in [1.54, 1.807) is 12.1 Å². The largest absolute Gasteiger partial charge is 0.305 e. The number of halogens is 1. The number of hydrogen-bond donors (Lipinski definition) is 1. The van der Waals surface area contributed by atoms with Crippen molar-refractivity contribution in [2.75, 3.05) is 11.4 Å². The van der Waals surface area contributed by atoms with Gasteiger partial charge < -0.3 is 5.32 Å². The number of imide groups is 1. The molecule has 1 unspecified atom stereocenters. The van der Waals surface area contributed by atoms with Crippen LogP contribution in [0.25, 0.3) is 0 Å². The number of hydrogen-bond acceptors (Lipinski definition) is 3. The number of anilines is 1. The van der Waals surface area contributed by atoms with Crippen LogP contribution in [0.15, 0.2) is 48.5 Å². The van der Waals surface area contributed by atoms with Gasteiger partial charge in [0.2, 0.25) is 5.91 Å². The molecule has 0 spiro atoms. The summed E-state index contributed by atoms with van der Waals surface area (Å²) in [5, 5.41) is 3.89. The Labute approximate surface area is 146 Å². The van der Waals surface area contributed by atoms with Gasteiger partial charge in [0.1, 0.15) is 0 Å². The Bertz CT molecular complexity index is 758. The Kier molecular flexibility index (Phi) is 4.97. The molecule has 24 heavy (non-hydrogen) atoms. The highest BCUT2D eigenvalue weighted by molar-refractivity contribution is 6.31. The molecule has 2 amide bonds. The van der Waals surface area contributed by atoms with Crippen molar-refractivity contribution in [3.8, 4) is 0 Å². The summed E-state index contributed by atoms with van der Waals surface area (Å²) in [6, 6.07) is 14.6. The first-order valence-electron chi connectivity index (χ1n) is 7.96. The highest BCUT2D eigenvalue weighted by Gasteiger charge is 2.39. The normalized spacial score (nSPS) is 17.6. The zero-order valence-electron chi connectivity index (χ0n) is 13.5. The molecule has 1 aliphatic heterocycles. The van der Waals surface area contributed by atoms with E-state index in [1.807, 2.05) is 43.3 Å². The van der Waals surface area contributed by atoms with Crippen LogP contribution < -0.4 is 10.2 Å². The fourth-order valence-electron chi connectivity index (χ4n) is 2.84. The van der Waals surface area contributed by atoms with Gasteiger partial charge in [-0.15, -0.1) is 0 Å². The summed E-state index contributed by atoms with van der Waals surface area (Å²) in [7, 11) is 0. The van der Waals surface area contributed by atoms with E-state index in [2.05, 4.69) is 5.32 Å². The quantitative estimate of drug-likeness (QED) is 0.849. The van der Waals surface area contributed by atoms with Gasteiger partial charge in [-0.3, -0.25) is 9.59 Å². The highest BCUT2D eigenvalue weighted by Crippen LogP contribution is 2.23. The molecule has 1 N–H and O–H groups in total. The maximum atomic E-state index is 12.5. The lowest BCUT2D eigenvalue weighted by atomic mass is 10.1. The Balaban J connectivity index is 1.62. The smallest absolute Gasteiger partial charge is 0.251 e. The average Bonchev–Trinajstić information content (AvgIpc) is 2.84. The summed E-state index contributed by atoms with van der Waals surface area (Å²) < 4.78 is 0. The monoisotopic (exact) mass is 342 g/mol. The van der Waals surface area contributed by atoms with Gasteiger partial charge in [-0.2, -0.15) is 0 Å². The summed E-state index contributed by atoms with van der Waals surface area (Å²) in [6.45, 7) is 2.56. The van der Waals surface area contributed by atoms with E-state index in [9.17, 15) is 9.59 Å². The van der Waals surface area contributed by atoms with Gasteiger partial charge in [0.05, 0.1) is 18.2 Å². The van der Waals surface area contributed by atoms with E-state index in [1.165, 1.54) is 4.90 Å². The van der Waals surface area contributed by atoms with E-state index in [-0.39, 0.29) is 18.2 Å². The van der Waals surface area contributed by atoms with E-state index < -0.39 is 6.04 Å². The fraction of sp³-hybridized carbons (Fsp3) is 0.263. The molecule has 0 aromatic heterocycles. The van der Waals surface area contributed by atoms with Gasteiger partial charge >= 0.3 is 0 Å². The Morgan fingerprint density at radius 3 is 2.54 bits per heavy atom. The average molecular weight is 343 g/mol. The van der Waals surface area contributed by atoms with Crippen molar-refractivity contribution < 1.29 is 9.59 Å². The standard InChI is InChI=1S/C19H19ClN2O2/c1-13-6-8-15(9-7-13)22-18(23)12-17(19(22)24)21-11-10-14-4-2-3-5-16(14)20/h2-9,17,21H,10-12H2,1H3. The lowest BCUT2D eigenvalue weighted by Crippen LogP contribution is -2.39. The number of nitrogens with one attached hydrogen (secondary N) is 1. The molecule has 5 heteroatoms. The number of amides is 2. The van der Waals surface area contributed by atoms with Crippen LogP contribution >= 0.6 is 11.6 Å². The molecule has 2 aromatic rings. The van der Waals surface area contributed by atoms with Crippen LogP contribution in [0.3, 0.4) is 0 Å². The van der Waals surface area contributed by atoms with Gasteiger partial charge in [-0.05, 0) is 43.7 Å². The third kappa shape index (κ3) is 3.50. The third-order valence-electron chi connectivity index (χ3n) is 4.18. The van der Waals surface area contributed by atoms with Crippen LogP contribution in [0.2, 0.25) is 5.02 Å². The molecule has 0 bridgehead atoms. The minimum absolute atomic E-state index is 0.168. The number of nitrogens with zero attached hydrogens (tertiary/aromatic N) is 1. The minimum atomic E-state index is -0.471. The van der Waals surface area contributed by atoms with Crippen LogP contribution in [0.4, 0.5) is 5.69 Å². The molecule has 0 aliphatic carbocycles.